The van der Waals surface area contributed by atoms with Crippen LogP contribution in [0.4, 0.5) is 0 Å². The molecule has 0 saturated carbocycles. The lowest BCUT2D eigenvalue weighted by Crippen LogP contribution is -2.16. The number of carbonyl (C=O) groups excluding carboxylic acids is 2. The van der Waals surface area contributed by atoms with E-state index in [1.54, 1.807) is 24.3 Å². The van der Waals surface area contributed by atoms with E-state index < -0.39 is 0 Å². The van der Waals surface area contributed by atoms with Crippen LogP contribution < -0.4 is 0 Å². The van der Waals surface area contributed by atoms with Crippen LogP contribution in [0.1, 0.15) is 37.4 Å². The van der Waals surface area contributed by atoms with Gasteiger partial charge < -0.3 is 0 Å². The zero-order valence-electron chi connectivity index (χ0n) is 11.4. The van der Waals surface area contributed by atoms with E-state index in [-0.39, 0.29) is 11.6 Å². The number of benzene rings is 2. The summed E-state index contributed by atoms with van der Waals surface area (Å²) < 4.78 is 0. The Kier molecular flexibility index (Phi) is 2.87. The average Bonchev–Trinajstić information content (AvgIpc) is 2.42. The highest BCUT2D eigenvalue weighted by molar-refractivity contribution is 6.38. The number of ketones is 2. The predicted molar refractivity (Wildman–Crippen MR) is 79.0 cm³/mol. The molecule has 0 unspecified atom stereocenters. The molecule has 1 aliphatic rings. The SMILES string of the molecule is Cc1cc(C)cc(C2=CC(=O)c3ccccc3C2=O)c1. The minimum absolute atomic E-state index is 0.0785. The van der Waals surface area contributed by atoms with E-state index in [1.165, 1.54) is 6.08 Å². The molecule has 2 nitrogen and oxygen atoms in total. The third-order valence-corrected chi connectivity index (χ3v) is 3.49. The monoisotopic (exact) mass is 262 g/mol. The Morgan fingerprint density at radius 2 is 1.40 bits per heavy atom. The summed E-state index contributed by atoms with van der Waals surface area (Å²) in [7, 11) is 0. The van der Waals surface area contributed by atoms with Crippen molar-refractivity contribution in [3.8, 4) is 0 Å². The van der Waals surface area contributed by atoms with Gasteiger partial charge in [-0.1, -0.05) is 53.6 Å². The summed E-state index contributed by atoms with van der Waals surface area (Å²) in [5.74, 6) is -0.181. The Bertz CT molecular complexity index is 746. The van der Waals surface area contributed by atoms with Crippen molar-refractivity contribution >= 4 is 17.1 Å². The van der Waals surface area contributed by atoms with Gasteiger partial charge in [-0.15, -0.1) is 0 Å². The minimum Gasteiger partial charge on any atom is -0.289 e. The van der Waals surface area contributed by atoms with E-state index in [1.807, 2.05) is 32.0 Å². The number of hydrogen-bond donors (Lipinski definition) is 0. The van der Waals surface area contributed by atoms with Crippen molar-refractivity contribution < 1.29 is 9.59 Å². The van der Waals surface area contributed by atoms with E-state index in [2.05, 4.69) is 0 Å². The van der Waals surface area contributed by atoms with Crippen LogP contribution in [-0.2, 0) is 0 Å². The number of aryl methyl sites for hydroxylation is 2. The molecule has 3 rings (SSSR count). The summed E-state index contributed by atoms with van der Waals surface area (Å²) in [4.78, 5) is 24.7. The first-order valence-electron chi connectivity index (χ1n) is 6.54. The number of rotatable bonds is 1. The highest BCUT2D eigenvalue weighted by Gasteiger charge is 2.25. The third-order valence-electron chi connectivity index (χ3n) is 3.49. The van der Waals surface area contributed by atoms with Crippen LogP contribution in [0.3, 0.4) is 0 Å². The van der Waals surface area contributed by atoms with Crippen LogP contribution in [0.2, 0.25) is 0 Å². The molecule has 2 aromatic carbocycles. The van der Waals surface area contributed by atoms with Gasteiger partial charge >= 0.3 is 0 Å². The second kappa shape index (κ2) is 4.57. The molecule has 0 bridgehead atoms. The summed E-state index contributed by atoms with van der Waals surface area (Å²) >= 11 is 0. The Hall–Kier alpha value is -2.48. The van der Waals surface area contributed by atoms with E-state index >= 15 is 0 Å². The first kappa shape index (κ1) is 12.5. The molecule has 0 aliphatic heterocycles. The van der Waals surface area contributed by atoms with Crippen molar-refractivity contribution in [2.75, 3.05) is 0 Å². The quantitative estimate of drug-likeness (QED) is 0.784. The van der Waals surface area contributed by atoms with Crippen LogP contribution >= 0.6 is 0 Å². The zero-order valence-corrected chi connectivity index (χ0v) is 11.4. The van der Waals surface area contributed by atoms with Crippen molar-refractivity contribution in [3.05, 3.63) is 76.4 Å². The third kappa shape index (κ3) is 1.99. The van der Waals surface area contributed by atoms with E-state index in [0.29, 0.717) is 16.7 Å². The lowest BCUT2D eigenvalue weighted by molar-refractivity contribution is 0.100. The molecular weight excluding hydrogens is 248 g/mol. The van der Waals surface area contributed by atoms with Gasteiger partial charge in [0.1, 0.15) is 0 Å². The minimum atomic E-state index is -0.102. The molecule has 0 N–H and O–H groups in total. The van der Waals surface area contributed by atoms with Crippen LogP contribution in [0.5, 0.6) is 0 Å². The van der Waals surface area contributed by atoms with Gasteiger partial charge in [-0.3, -0.25) is 9.59 Å². The van der Waals surface area contributed by atoms with Gasteiger partial charge in [-0.05, 0) is 25.5 Å². The van der Waals surface area contributed by atoms with Crippen molar-refractivity contribution in [1.82, 2.24) is 0 Å². The Morgan fingerprint density at radius 1 is 0.800 bits per heavy atom. The van der Waals surface area contributed by atoms with Gasteiger partial charge in [-0.2, -0.15) is 0 Å². The van der Waals surface area contributed by atoms with Gasteiger partial charge in [0.15, 0.2) is 11.6 Å². The molecule has 0 spiro atoms. The van der Waals surface area contributed by atoms with E-state index in [0.717, 1.165) is 16.7 Å². The number of allylic oxidation sites excluding steroid dienone is 2. The average molecular weight is 262 g/mol. The maximum atomic E-state index is 12.6. The van der Waals surface area contributed by atoms with Crippen LogP contribution in [0, 0.1) is 13.8 Å². The maximum absolute atomic E-state index is 12.6. The van der Waals surface area contributed by atoms with Crippen molar-refractivity contribution in [1.29, 1.82) is 0 Å². The molecule has 2 heteroatoms. The first-order valence-corrected chi connectivity index (χ1v) is 6.54. The van der Waals surface area contributed by atoms with Crippen molar-refractivity contribution in [2.24, 2.45) is 0 Å². The van der Waals surface area contributed by atoms with Gasteiger partial charge in [0.25, 0.3) is 0 Å². The van der Waals surface area contributed by atoms with Gasteiger partial charge in [-0.25, -0.2) is 0 Å². The standard InChI is InChI=1S/C18H14O2/c1-11-7-12(2)9-13(8-11)16-10-17(19)14-5-3-4-6-15(14)18(16)20/h3-10H,1-2H3. The van der Waals surface area contributed by atoms with Crippen molar-refractivity contribution in [2.45, 2.75) is 13.8 Å². The number of fused-ring (bicyclic) bond motifs is 1. The number of carbonyl (C=O) groups is 2. The summed E-state index contributed by atoms with van der Waals surface area (Å²) in [5, 5.41) is 0. The van der Waals surface area contributed by atoms with Gasteiger partial charge in [0.05, 0.1) is 0 Å². The number of hydrogen-bond acceptors (Lipinski definition) is 2. The number of Topliss-reactive ketones (excluding diaryl/α,β-unsaturated/α-hetero) is 1. The second-order valence-corrected chi connectivity index (χ2v) is 5.17. The molecule has 98 valence electrons. The Labute approximate surface area is 117 Å². The predicted octanol–water partition coefficient (Wildman–Crippen LogP) is 3.77. The van der Waals surface area contributed by atoms with Crippen LogP contribution in [-0.4, -0.2) is 11.6 Å². The fourth-order valence-corrected chi connectivity index (χ4v) is 2.66. The normalized spacial score (nSPS) is 14.0. The smallest absolute Gasteiger partial charge is 0.194 e. The molecule has 20 heavy (non-hydrogen) atoms. The van der Waals surface area contributed by atoms with E-state index in [4.69, 9.17) is 0 Å². The van der Waals surface area contributed by atoms with E-state index in [9.17, 15) is 9.59 Å². The highest BCUT2D eigenvalue weighted by Crippen LogP contribution is 2.28. The summed E-state index contributed by atoms with van der Waals surface area (Å²) in [6.07, 6.45) is 1.46. The lowest BCUT2D eigenvalue weighted by Gasteiger charge is -2.15. The molecule has 0 heterocycles. The van der Waals surface area contributed by atoms with Gasteiger partial charge in [0, 0.05) is 16.7 Å². The largest absolute Gasteiger partial charge is 0.289 e. The molecule has 0 fully saturated rings. The summed E-state index contributed by atoms with van der Waals surface area (Å²) in [6.45, 7) is 3.97. The molecule has 1 aliphatic carbocycles. The van der Waals surface area contributed by atoms with Crippen LogP contribution in [0.15, 0.2) is 48.5 Å². The second-order valence-electron chi connectivity index (χ2n) is 5.17. The fraction of sp³-hybridized carbons (Fsp3) is 0.111. The zero-order chi connectivity index (χ0) is 14.3. The highest BCUT2D eigenvalue weighted by atomic mass is 16.1. The molecule has 0 aromatic heterocycles. The molecule has 0 amide bonds. The fourth-order valence-electron chi connectivity index (χ4n) is 2.66. The lowest BCUT2D eigenvalue weighted by atomic mass is 9.85. The topological polar surface area (TPSA) is 34.1 Å². The Balaban J connectivity index is 2.17. The Morgan fingerprint density at radius 3 is 2.05 bits per heavy atom. The maximum Gasteiger partial charge on any atom is 0.194 e. The van der Waals surface area contributed by atoms with Crippen LogP contribution in [0.25, 0.3) is 5.57 Å². The van der Waals surface area contributed by atoms with Crippen molar-refractivity contribution in [3.63, 3.8) is 0 Å². The molecular formula is C18H14O2. The summed E-state index contributed by atoms with van der Waals surface area (Å²) in [6, 6.07) is 12.9. The molecule has 2 aromatic rings. The molecule has 0 radical (unpaired) electrons. The summed E-state index contributed by atoms with van der Waals surface area (Å²) in [5.41, 5.74) is 4.45. The molecule has 0 atom stereocenters. The van der Waals surface area contributed by atoms with Gasteiger partial charge in [0.2, 0.25) is 0 Å². The first-order chi connectivity index (χ1) is 9.56. The molecule has 0 saturated heterocycles.